The predicted octanol–water partition coefficient (Wildman–Crippen LogP) is 5.39. The largest absolute Gasteiger partial charge is 0.340 e. The normalized spacial score (nSPS) is 11.1. The van der Waals surface area contributed by atoms with Gasteiger partial charge in [0.2, 0.25) is 0 Å². The minimum absolute atomic E-state index is 0.0908. The quantitative estimate of drug-likeness (QED) is 0.220. The van der Waals surface area contributed by atoms with Gasteiger partial charge in [0.15, 0.2) is 10.9 Å². The third-order valence-corrected chi connectivity index (χ3v) is 6.13. The van der Waals surface area contributed by atoms with Crippen LogP contribution >= 0.6 is 11.8 Å². The molecule has 0 aliphatic carbocycles. The monoisotopic (exact) mass is 416 g/mol. The van der Waals surface area contributed by atoms with E-state index in [2.05, 4.69) is 46.5 Å². The lowest BCUT2D eigenvalue weighted by atomic mass is 10.0. The van der Waals surface area contributed by atoms with E-state index in [1.165, 1.54) is 11.8 Å². The minimum Gasteiger partial charge on any atom is -0.340 e. The predicted molar refractivity (Wildman–Crippen MR) is 123 cm³/mol. The van der Waals surface area contributed by atoms with E-state index in [1.807, 2.05) is 54.0 Å². The minimum atomic E-state index is 0.0908. The molecule has 0 saturated heterocycles. The maximum Gasteiger partial charge on any atom is 0.191 e. The second kappa shape index (κ2) is 8.71. The van der Waals surface area contributed by atoms with Gasteiger partial charge in [-0.1, -0.05) is 66.4 Å². The van der Waals surface area contributed by atoms with E-state index >= 15 is 0 Å². The van der Waals surface area contributed by atoms with Crippen molar-refractivity contribution in [2.75, 3.05) is 5.75 Å². The van der Waals surface area contributed by atoms with Crippen molar-refractivity contribution in [2.24, 2.45) is 0 Å². The van der Waals surface area contributed by atoms with Gasteiger partial charge in [-0.3, -0.25) is 4.79 Å². The molecule has 6 heteroatoms. The van der Waals surface area contributed by atoms with E-state index in [0.717, 1.165) is 45.2 Å². The number of benzene rings is 2. The third-order valence-electron chi connectivity index (χ3n) is 5.16. The van der Waals surface area contributed by atoms with Crippen LogP contribution in [-0.4, -0.2) is 30.9 Å². The molecule has 0 radical (unpaired) electrons. The van der Waals surface area contributed by atoms with Crippen molar-refractivity contribution in [1.82, 2.24) is 19.3 Å². The number of allylic oxidation sites excluding steroid dienone is 1. The van der Waals surface area contributed by atoms with Crippen LogP contribution in [0.2, 0.25) is 0 Å². The fourth-order valence-electron chi connectivity index (χ4n) is 3.82. The zero-order valence-corrected chi connectivity index (χ0v) is 18.0. The average Bonchev–Trinajstić information content (AvgIpc) is 3.30. The van der Waals surface area contributed by atoms with Crippen LogP contribution < -0.4 is 0 Å². The number of para-hydroxylation sites is 1. The molecule has 0 spiro atoms. The van der Waals surface area contributed by atoms with Crippen molar-refractivity contribution in [2.45, 2.75) is 32.1 Å². The fraction of sp³-hybridized carbons (Fsp3) is 0.208. The van der Waals surface area contributed by atoms with E-state index in [-0.39, 0.29) is 5.78 Å². The molecule has 0 aliphatic rings. The molecule has 0 atom stereocenters. The number of ketones is 1. The van der Waals surface area contributed by atoms with Gasteiger partial charge in [0.1, 0.15) is 5.82 Å². The number of hydrogen-bond acceptors (Lipinski definition) is 4. The van der Waals surface area contributed by atoms with Crippen LogP contribution in [0.5, 0.6) is 0 Å². The second-order valence-corrected chi connectivity index (χ2v) is 7.93. The summed E-state index contributed by atoms with van der Waals surface area (Å²) >= 11 is 1.42. The Labute approximate surface area is 180 Å². The van der Waals surface area contributed by atoms with Crippen molar-refractivity contribution in [3.8, 4) is 11.3 Å². The molecule has 4 rings (SSSR count). The molecule has 0 bridgehead atoms. The van der Waals surface area contributed by atoms with Crippen molar-refractivity contribution in [3.63, 3.8) is 0 Å². The Hall–Kier alpha value is -3.12. The molecular weight excluding hydrogens is 392 g/mol. The Morgan fingerprint density at radius 1 is 1.07 bits per heavy atom. The SMILES string of the molecule is C=CCn1c(C)nnc1SCC(=O)c1c(-c2ccccc2)n(CC)c2ccccc12. The molecule has 0 saturated carbocycles. The summed E-state index contributed by atoms with van der Waals surface area (Å²) in [7, 11) is 0. The zero-order valence-electron chi connectivity index (χ0n) is 17.2. The maximum atomic E-state index is 13.5. The van der Waals surface area contributed by atoms with Crippen LogP contribution in [0.25, 0.3) is 22.2 Å². The molecule has 5 nitrogen and oxygen atoms in total. The highest BCUT2D eigenvalue weighted by Crippen LogP contribution is 2.35. The van der Waals surface area contributed by atoms with E-state index in [4.69, 9.17) is 0 Å². The number of Topliss-reactive ketones (excluding diaryl/α,β-unsaturated/α-hetero) is 1. The fourth-order valence-corrected chi connectivity index (χ4v) is 4.69. The molecule has 2 aromatic heterocycles. The molecule has 2 aromatic carbocycles. The van der Waals surface area contributed by atoms with Gasteiger partial charge in [-0.25, -0.2) is 0 Å². The van der Waals surface area contributed by atoms with Crippen LogP contribution in [0.1, 0.15) is 23.1 Å². The summed E-state index contributed by atoms with van der Waals surface area (Å²) in [5.74, 6) is 1.21. The van der Waals surface area contributed by atoms with Crippen LogP contribution in [0.15, 0.2) is 72.4 Å². The molecule has 0 unspecified atom stereocenters. The first kappa shape index (κ1) is 20.2. The lowest BCUT2D eigenvalue weighted by molar-refractivity contribution is 0.102. The topological polar surface area (TPSA) is 52.7 Å². The summed E-state index contributed by atoms with van der Waals surface area (Å²) in [6.45, 7) is 9.23. The molecule has 152 valence electrons. The van der Waals surface area contributed by atoms with E-state index in [9.17, 15) is 4.79 Å². The number of carbonyl (C=O) groups is 1. The van der Waals surface area contributed by atoms with Crippen LogP contribution in [0.4, 0.5) is 0 Å². The van der Waals surface area contributed by atoms with Gasteiger partial charge in [-0.2, -0.15) is 0 Å². The Balaban J connectivity index is 1.76. The number of hydrogen-bond donors (Lipinski definition) is 0. The van der Waals surface area contributed by atoms with Gasteiger partial charge < -0.3 is 9.13 Å². The summed E-state index contributed by atoms with van der Waals surface area (Å²) in [6.07, 6.45) is 1.81. The molecule has 2 heterocycles. The highest BCUT2D eigenvalue weighted by molar-refractivity contribution is 7.99. The number of nitrogens with zero attached hydrogens (tertiary/aromatic N) is 4. The van der Waals surface area contributed by atoms with Crippen molar-refractivity contribution in [1.29, 1.82) is 0 Å². The molecule has 0 amide bonds. The molecule has 0 fully saturated rings. The summed E-state index contributed by atoms with van der Waals surface area (Å²) in [5.41, 5.74) is 3.89. The van der Waals surface area contributed by atoms with Crippen molar-refractivity contribution >= 4 is 28.4 Å². The number of carbonyl (C=O) groups excluding carboxylic acids is 1. The smallest absolute Gasteiger partial charge is 0.191 e. The second-order valence-electron chi connectivity index (χ2n) is 6.99. The van der Waals surface area contributed by atoms with E-state index in [0.29, 0.717) is 12.3 Å². The molecular formula is C24H24N4OS. The highest BCUT2D eigenvalue weighted by Gasteiger charge is 2.23. The van der Waals surface area contributed by atoms with Crippen LogP contribution in [0.3, 0.4) is 0 Å². The molecule has 4 aromatic rings. The Morgan fingerprint density at radius 2 is 1.80 bits per heavy atom. The van der Waals surface area contributed by atoms with Gasteiger partial charge in [0, 0.05) is 24.0 Å². The first-order valence-corrected chi connectivity index (χ1v) is 11.0. The molecule has 0 aliphatic heterocycles. The number of aryl methyl sites for hydroxylation is 2. The lowest BCUT2D eigenvalue weighted by Crippen LogP contribution is -2.07. The van der Waals surface area contributed by atoms with Gasteiger partial charge in [0.05, 0.1) is 17.0 Å². The Morgan fingerprint density at radius 3 is 2.53 bits per heavy atom. The number of aromatic nitrogens is 4. The average molecular weight is 417 g/mol. The highest BCUT2D eigenvalue weighted by atomic mass is 32.2. The zero-order chi connectivity index (χ0) is 21.1. The number of rotatable bonds is 8. The van der Waals surface area contributed by atoms with Crippen molar-refractivity contribution < 1.29 is 4.79 Å². The van der Waals surface area contributed by atoms with Crippen molar-refractivity contribution in [3.05, 3.63) is 78.6 Å². The van der Waals surface area contributed by atoms with Crippen LogP contribution in [0, 0.1) is 6.92 Å². The summed E-state index contributed by atoms with van der Waals surface area (Å²) in [6, 6.07) is 18.3. The van der Waals surface area contributed by atoms with E-state index < -0.39 is 0 Å². The maximum absolute atomic E-state index is 13.5. The van der Waals surface area contributed by atoms with Gasteiger partial charge in [-0.05, 0) is 25.5 Å². The van der Waals surface area contributed by atoms with E-state index in [1.54, 1.807) is 0 Å². The first-order valence-electron chi connectivity index (χ1n) is 9.99. The standard InChI is InChI=1S/C24H24N4OS/c1-4-15-28-17(3)25-26-24(28)30-16-21(29)22-19-13-9-10-14-20(19)27(5-2)23(22)18-11-7-6-8-12-18/h4,6-14H,1,5,15-16H2,2-3H3. The van der Waals surface area contributed by atoms with Gasteiger partial charge in [0.25, 0.3) is 0 Å². The first-order chi connectivity index (χ1) is 14.7. The molecule has 30 heavy (non-hydrogen) atoms. The summed E-state index contributed by atoms with van der Waals surface area (Å²) < 4.78 is 4.20. The Kier molecular flexibility index (Phi) is 5.86. The number of fused-ring (bicyclic) bond motifs is 1. The summed E-state index contributed by atoms with van der Waals surface area (Å²) in [4.78, 5) is 13.5. The number of thioether (sulfide) groups is 1. The van der Waals surface area contributed by atoms with Gasteiger partial charge >= 0.3 is 0 Å². The lowest BCUT2D eigenvalue weighted by Gasteiger charge is -2.10. The van der Waals surface area contributed by atoms with Crippen LogP contribution in [-0.2, 0) is 13.1 Å². The molecule has 0 N–H and O–H groups in total. The Bertz CT molecular complexity index is 1210. The summed E-state index contributed by atoms with van der Waals surface area (Å²) in [5, 5.41) is 10.1. The van der Waals surface area contributed by atoms with Gasteiger partial charge in [-0.15, -0.1) is 16.8 Å². The third kappa shape index (κ3) is 3.59.